The molecule has 1 aliphatic carbocycles. The van der Waals surface area contributed by atoms with Gasteiger partial charge in [-0.2, -0.15) is 13.2 Å². The molecule has 0 spiro atoms. The van der Waals surface area contributed by atoms with Crippen molar-refractivity contribution in [1.29, 1.82) is 0 Å². The number of nitro groups is 1. The molecule has 0 saturated heterocycles. The van der Waals surface area contributed by atoms with Gasteiger partial charge in [0.25, 0.3) is 0 Å². The molecule has 3 nitrogen and oxygen atoms in total. The largest absolute Gasteiger partial charge is 0.416 e. The van der Waals surface area contributed by atoms with E-state index in [4.69, 9.17) is 0 Å². The van der Waals surface area contributed by atoms with Crippen LogP contribution in [0.2, 0.25) is 0 Å². The van der Waals surface area contributed by atoms with Crippen molar-refractivity contribution in [1.82, 2.24) is 0 Å². The Bertz CT molecular complexity index is 456. The quantitative estimate of drug-likeness (QED) is 0.603. The molecular formula is C13H14F3NO2. The topological polar surface area (TPSA) is 43.1 Å². The van der Waals surface area contributed by atoms with Crippen LogP contribution in [0.5, 0.6) is 0 Å². The van der Waals surface area contributed by atoms with Crippen LogP contribution in [0.3, 0.4) is 0 Å². The summed E-state index contributed by atoms with van der Waals surface area (Å²) in [5.74, 6) is -0.272. The predicted molar refractivity (Wildman–Crippen MR) is 63.4 cm³/mol. The summed E-state index contributed by atoms with van der Waals surface area (Å²) in [5.41, 5.74) is -0.0842. The van der Waals surface area contributed by atoms with E-state index < -0.39 is 17.8 Å². The Morgan fingerprint density at radius 1 is 1.11 bits per heavy atom. The van der Waals surface area contributed by atoms with Gasteiger partial charge in [0.05, 0.1) is 11.5 Å². The van der Waals surface area contributed by atoms with E-state index in [1.165, 1.54) is 12.1 Å². The maximum Gasteiger partial charge on any atom is 0.416 e. The Kier molecular flexibility index (Phi) is 3.78. The van der Waals surface area contributed by atoms with Gasteiger partial charge in [-0.15, -0.1) is 0 Å². The minimum Gasteiger partial charge on any atom is -0.264 e. The smallest absolute Gasteiger partial charge is 0.264 e. The minimum atomic E-state index is -4.37. The van der Waals surface area contributed by atoms with Crippen LogP contribution in [0.15, 0.2) is 24.3 Å². The van der Waals surface area contributed by atoms with Gasteiger partial charge in [0.2, 0.25) is 6.04 Å². The normalized spacial score (nSPS) is 24.2. The van der Waals surface area contributed by atoms with Gasteiger partial charge in [0.15, 0.2) is 0 Å². The first-order valence-electron chi connectivity index (χ1n) is 6.20. The zero-order valence-corrected chi connectivity index (χ0v) is 10.2. The number of benzene rings is 1. The summed E-state index contributed by atoms with van der Waals surface area (Å²) in [5, 5.41) is 11.0. The zero-order valence-electron chi connectivity index (χ0n) is 10.2. The van der Waals surface area contributed by atoms with Gasteiger partial charge in [-0.05, 0) is 30.5 Å². The number of alkyl halides is 3. The third-order valence-electron chi connectivity index (χ3n) is 3.67. The second-order valence-electron chi connectivity index (χ2n) is 4.86. The summed E-state index contributed by atoms with van der Waals surface area (Å²) < 4.78 is 37.4. The Labute approximate surface area is 108 Å². The first-order chi connectivity index (χ1) is 8.89. The predicted octanol–water partition coefficient (Wildman–Crippen LogP) is 4.01. The average molecular weight is 273 g/mol. The van der Waals surface area contributed by atoms with Crippen LogP contribution in [0, 0.1) is 10.1 Å². The van der Waals surface area contributed by atoms with Crippen molar-refractivity contribution in [2.24, 2.45) is 0 Å². The maximum absolute atomic E-state index is 12.5. The molecule has 0 N–H and O–H groups in total. The van der Waals surface area contributed by atoms with Gasteiger partial charge < -0.3 is 0 Å². The Hall–Kier alpha value is -1.59. The lowest BCUT2D eigenvalue weighted by atomic mass is 9.80. The lowest BCUT2D eigenvalue weighted by Crippen LogP contribution is -2.30. The van der Waals surface area contributed by atoms with Crippen LogP contribution in [0.25, 0.3) is 0 Å². The summed E-state index contributed by atoms with van der Waals surface area (Å²) in [4.78, 5) is 10.7. The Morgan fingerprint density at radius 2 is 1.68 bits per heavy atom. The lowest BCUT2D eigenvalue weighted by Gasteiger charge is -2.25. The van der Waals surface area contributed by atoms with Gasteiger partial charge >= 0.3 is 6.18 Å². The van der Waals surface area contributed by atoms with Crippen molar-refractivity contribution in [3.05, 3.63) is 45.5 Å². The van der Waals surface area contributed by atoms with E-state index in [2.05, 4.69) is 0 Å². The minimum absolute atomic E-state index is 0.272. The molecule has 1 aliphatic rings. The highest BCUT2D eigenvalue weighted by Gasteiger charge is 2.36. The molecule has 0 amide bonds. The number of rotatable bonds is 2. The average Bonchev–Trinajstić information content (AvgIpc) is 2.38. The van der Waals surface area contributed by atoms with Crippen molar-refractivity contribution in [2.75, 3.05) is 0 Å². The van der Waals surface area contributed by atoms with E-state index in [9.17, 15) is 23.3 Å². The highest BCUT2D eigenvalue weighted by Crippen LogP contribution is 2.36. The summed E-state index contributed by atoms with van der Waals surface area (Å²) in [7, 11) is 0. The summed E-state index contributed by atoms with van der Waals surface area (Å²) in [6.45, 7) is 0. The molecule has 19 heavy (non-hydrogen) atoms. The molecule has 6 heteroatoms. The SMILES string of the molecule is O=[N+]([O-])[C@H]1CCCC[C@H]1c1ccc(C(F)(F)F)cc1. The fourth-order valence-electron chi connectivity index (χ4n) is 2.67. The van der Waals surface area contributed by atoms with Gasteiger partial charge in [-0.1, -0.05) is 18.6 Å². The Balaban J connectivity index is 2.23. The molecule has 1 aromatic rings. The molecule has 0 aromatic heterocycles. The first kappa shape index (κ1) is 13.8. The summed E-state index contributed by atoms with van der Waals surface area (Å²) >= 11 is 0. The van der Waals surface area contributed by atoms with Crippen molar-refractivity contribution >= 4 is 0 Å². The second-order valence-corrected chi connectivity index (χ2v) is 4.86. The van der Waals surface area contributed by atoms with E-state index >= 15 is 0 Å². The third-order valence-corrected chi connectivity index (χ3v) is 3.67. The van der Waals surface area contributed by atoms with Crippen LogP contribution in [-0.2, 0) is 6.18 Å². The number of hydrogen-bond donors (Lipinski definition) is 0. The van der Waals surface area contributed by atoms with Crippen LogP contribution >= 0.6 is 0 Å². The maximum atomic E-state index is 12.5. The number of nitrogens with zero attached hydrogens (tertiary/aromatic N) is 1. The van der Waals surface area contributed by atoms with Gasteiger partial charge in [0, 0.05) is 11.3 Å². The zero-order chi connectivity index (χ0) is 14.0. The lowest BCUT2D eigenvalue weighted by molar-refractivity contribution is -0.530. The molecule has 0 aliphatic heterocycles. The molecule has 1 fully saturated rings. The number of halogens is 3. The molecule has 1 saturated carbocycles. The molecule has 0 bridgehead atoms. The third kappa shape index (κ3) is 3.05. The van der Waals surface area contributed by atoms with Crippen molar-refractivity contribution in [2.45, 2.75) is 43.8 Å². The van der Waals surface area contributed by atoms with E-state index in [1.54, 1.807) is 0 Å². The van der Waals surface area contributed by atoms with E-state index in [-0.39, 0.29) is 10.8 Å². The van der Waals surface area contributed by atoms with Crippen LogP contribution in [-0.4, -0.2) is 11.0 Å². The second kappa shape index (κ2) is 5.19. The van der Waals surface area contributed by atoms with E-state index in [0.717, 1.165) is 25.0 Å². The number of hydrogen-bond acceptors (Lipinski definition) is 2. The molecule has 104 valence electrons. The van der Waals surface area contributed by atoms with Crippen LogP contribution in [0.4, 0.5) is 13.2 Å². The fourth-order valence-corrected chi connectivity index (χ4v) is 2.67. The van der Waals surface area contributed by atoms with E-state index in [1.807, 2.05) is 0 Å². The van der Waals surface area contributed by atoms with Crippen molar-refractivity contribution < 1.29 is 18.1 Å². The molecule has 0 unspecified atom stereocenters. The molecular weight excluding hydrogens is 259 g/mol. The molecule has 2 rings (SSSR count). The highest BCUT2D eigenvalue weighted by atomic mass is 19.4. The fraction of sp³-hybridized carbons (Fsp3) is 0.538. The monoisotopic (exact) mass is 273 g/mol. The van der Waals surface area contributed by atoms with Gasteiger partial charge in [-0.25, -0.2) is 0 Å². The first-order valence-corrected chi connectivity index (χ1v) is 6.20. The van der Waals surface area contributed by atoms with Gasteiger partial charge in [0.1, 0.15) is 0 Å². The van der Waals surface area contributed by atoms with Crippen molar-refractivity contribution in [3.8, 4) is 0 Å². The van der Waals surface area contributed by atoms with Crippen LogP contribution in [0.1, 0.15) is 42.7 Å². The molecule has 0 radical (unpaired) electrons. The molecule has 1 aromatic carbocycles. The highest BCUT2D eigenvalue weighted by molar-refractivity contribution is 5.28. The van der Waals surface area contributed by atoms with E-state index in [0.29, 0.717) is 18.4 Å². The summed E-state index contributed by atoms with van der Waals surface area (Å²) in [6, 6.07) is 4.07. The standard InChI is InChI=1S/C13H14F3NO2/c14-13(15,16)10-7-5-9(6-8-10)11-3-1-2-4-12(11)17(18)19/h5-8,11-12H,1-4H2/t11-,12-/m0/s1. The van der Waals surface area contributed by atoms with Crippen molar-refractivity contribution in [3.63, 3.8) is 0 Å². The van der Waals surface area contributed by atoms with Crippen LogP contribution < -0.4 is 0 Å². The summed E-state index contributed by atoms with van der Waals surface area (Å²) in [6.07, 6.45) is -1.51. The molecule has 2 atom stereocenters. The van der Waals surface area contributed by atoms with Gasteiger partial charge in [-0.3, -0.25) is 10.1 Å². The molecule has 0 heterocycles. The Morgan fingerprint density at radius 3 is 2.21 bits per heavy atom.